The molecule has 2 aromatic heterocycles. The first kappa shape index (κ1) is 8.36. The van der Waals surface area contributed by atoms with Crippen molar-refractivity contribution in [3.05, 3.63) is 36.5 Å². The van der Waals surface area contributed by atoms with Crippen LogP contribution in [0.4, 0.5) is 0 Å². The largest absolute Gasteiger partial charge is 0.478 e. The third-order valence-corrected chi connectivity index (χ3v) is 1.68. The first-order valence-corrected chi connectivity index (χ1v) is 3.82. The lowest BCUT2D eigenvalue weighted by atomic mass is 10.3. The molecule has 70 valence electrons. The number of carboxylic acid groups (broad SMARTS) is 1. The van der Waals surface area contributed by atoms with Gasteiger partial charge < -0.3 is 5.11 Å². The van der Waals surface area contributed by atoms with Crippen molar-refractivity contribution in [1.29, 1.82) is 0 Å². The molecule has 6 nitrogen and oxygen atoms in total. The van der Waals surface area contributed by atoms with Gasteiger partial charge in [-0.3, -0.25) is 4.57 Å². The van der Waals surface area contributed by atoms with Crippen molar-refractivity contribution in [2.75, 3.05) is 0 Å². The number of aromatic nitrogens is 4. The maximum absolute atomic E-state index is 10.5. The zero-order valence-corrected chi connectivity index (χ0v) is 7.03. The maximum Gasteiger partial charge on any atom is 0.337 e. The number of nitrogens with zero attached hydrogens (tertiary/aromatic N) is 4. The van der Waals surface area contributed by atoms with E-state index in [1.54, 1.807) is 10.6 Å². The van der Waals surface area contributed by atoms with Gasteiger partial charge in [-0.25, -0.2) is 9.78 Å². The summed E-state index contributed by atoms with van der Waals surface area (Å²) < 4.78 is 1.59. The van der Waals surface area contributed by atoms with Crippen LogP contribution in [0.2, 0.25) is 0 Å². The smallest absolute Gasteiger partial charge is 0.337 e. The molecule has 0 bridgehead atoms. The Morgan fingerprint density at radius 3 is 2.50 bits per heavy atom. The van der Waals surface area contributed by atoms with E-state index in [0.29, 0.717) is 5.82 Å². The number of hydrogen-bond acceptors (Lipinski definition) is 4. The summed E-state index contributed by atoms with van der Waals surface area (Å²) in [6, 6.07) is 3.07. The van der Waals surface area contributed by atoms with Gasteiger partial charge >= 0.3 is 5.97 Å². The van der Waals surface area contributed by atoms with E-state index >= 15 is 0 Å². The summed E-state index contributed by atoms with van der Waals surface area (Å²) in [6.45, 7) is 0. The number of pyridine rings is 1. The second-order valence-electron chi connectivity index (χ2n) is 2.58. The van der Waals surface area contributed by atoms with Gasteiger partial charge in [-0.2, -0.15) is 0 Å². The summed E-state index contributed by atoms with van der Waals surface area (Å²) in [6.07, 6.45) is 4.27. The van der Waals surface area contributed by atoms with E-state index in [2.05, 4.69) is 15.2 Å². The molecule has 0 saturated carbocycles. The Morgan fingerprint density at radius 1 is 1.29 bits per heavy atom. The van der Waals surface area contributed by atoms with E-state index in [0.717, 1.165) is 0 Å². The first-order valence-electron chi connectivity index (χ1n) is 3.82. The minimum atomic E-state index is -0.993. The van der Waals surface area contributed by atoms with Crippen LogP contribution in [0.1, 0.15) is 10.4 Å². The van der Waals surface area contributed by atoms with E-state index < -0.39 is 5.97 Å². The second-order valence-corrected chi connectivity index (χ2v) is 2.58. The second kappa shape index (κ2) is 3.25. The molecule has 0 radical (unpaired) electrons. The highest BCUT2D eigenvalue weighted by molar-refractivity contribution is 5.87. The van der Waals surface area contributed by atoms with Gasteiger partial charge in [0.15, 0.2) is 0 Å². The van der Waals surface area contributed by atoms with Crippen LogP contribution in [0, 0.1) is 0 Å². The summed E-state index contributed by atoms with van der Waals surface area (Å²) in [5, 5.41) is 15.9. The Balaban J connectivity index is 2.36. The standard InChI is InChI=1S/C8H6N4O2/c13-8(14)6-1-2-7(9-3-6)12-4-10-11-5-12/h1-5H,(H,13,14). The third-order valence-electron chi connectivity index (χ3n) is 1.68. The molecule has 6 heteroatoms. The van der Waals surface area contributed by atoms with E-state index in [9.17, 15) is 4.79 Å². The van der Waals surface area contributed by atoms with Gasteiger partial charge in [0.05, 0.1) is 5.56 Å². The van der Waals surface area contributed by atoms with Crippen LogP contribution in [0.25, 0.3) is 5.82 Å². The molecule has 0 amide bonds. The molecule has 2 aromatic rings. The van der Waals surface area contributed by atoms with Gasteiger partial charge in [-0.15, -0.1) is 10.2 Å². The molecule has 0 aliphatic rings. The van der Waals surface area contributed by atoms with Crippen molar-refractivity contribution in [2.24, 2.45) is 0 Å². The van der Waals surface area contributed by atoms with Crippen molar-refractivity contribution >= 4 is 5.97 Å². The van der Waals surface area contributed by atoms with E-state index in [-0.39, 0.29) is 5.56 Å². The number of hydrogen-bond donors (Lipinski definition) is 1. The molecule has 0 fully saturated rings. The van der Waals surface area contributed by atoms with Crippen LogP contribution in [0.15, 0.2) is 31.0 Å². The van der Waals surface area contributed by atoms with Crippen LogP contribution < -0.4 is 0 Å². The Bertz CT molecular complexity index is 435. The Morgan fingerprint density at radius 2 is 2.00 bits per heavy atom. The molecule has 0 saturated heterocycles. The summed E-state index contributed by atoms with van der Waals surface area (Å²) in [5.41, 5.74) is 0.154. The average molecular weight is 190 g/mol. The van der Waals surface area contributed by atoms with Gasteiger partial charge in [0.25, 0.3) is 0 Å². The highest BCUT2D eigenvalue weighted by Gasteiger charge is 2.03. The van der Waals surface area contributed by atoms with E-state index in [1.165, 1.54) is 24.9 Å². The average Bonchev–Trinajstić information content (AvgIpc) is 2.71. The number of rotatable bonds is 2. The molecule has 0 atom stereocenters. The van der Waals surface area contributed by atoms with Crippen LogP contribution >= 0.6 is 0 Å². The highest BCUT2D eigenvalue weighted by Crippen LogP contribution is 2.04. The zero-order chi connectivity index (χ0) is 9.97. The molecule has 2 rings (SSSR count). The lowest BCUT2D eigenvalue weighted by Crippen LogP contribution is -1.99. The summed E-state index contributed by atoms with van der Waals surface area (Å²) in [5.74, 6) is -0.409. The van der Waals surface area contributed by atoms with Crippen LogP contribution in [-0.4, -0.2) is 30.8 Å². The van der Waals surface area contributed by atoms with E-state index in [4.69, 9.17) is 5.11 Å². The lowest BCUT2D eigenvalue weighted by Gasteiger charge is -1.99. The molecule has 0 aromatic carbocycles. The normalized spacial score (nSPS) is 10.0. The number of carbonyl (C=O) groups is 1. The quantitative estimate of drug-likeness (QED) is 0.739. The van der Waals surface area contributed by atoms with Crippen LogP contribution in [0.3, 0.4) is 0 Å². The first-order chi connectivity index (χ1) is 6.77. The van der Waals surface area contributed by atoms with Gasteiger partial charge in [-0.05, 0) is 12.1 Å². The SMILES string of the molecule is O=C(O)c1ccc(-n2cnnc2)nc1. The topological polar surface area (TPSA) is 80.9 Å². The van der Waals surface area contributed by atoms with Crippen molar-refractivity contribution in [2.45, 2.75) is 0 Å². The minimum absolute atomic E-state index is 0.154. The van der Waals surface area contributed by atoms with Gasteiger partial charge in [-0.1, -0.05) is 0 Å². The third kappa shape index (κ3) is 1.45. The molecule has 14 heavy (non-hydrogen) atoms. The summed E-state index contributed by atoms with van der Waals surface area (Å²) in [4.78, 5) is 14.5. The maximum atomic E-state index is 10.5. The molecule has 2 heterocycles. The van der Waals surface area contributed by atoms with Crippen molar-refractivity contribution < 1.29 is 9.90 Å². The van der Waals surface area contributed by atoms with E-state index in [1.807, 2.05) is 0 Å². The fourth-order valence-electron chi connectivity index (χ4n) is 0.984. The van der Waals surface area contributed by atoms with Crippen LogP contribution in [-0.2, 0) is 0 Å². The predicted octanol–water partition coefficient (Wildman–Crippen LogP) is 0.360. The Kier molecular flexibility index (Phi) is 1.94. The Hall–Kier alpha value is -2.24. The molecule has 0 spiro atoms. The molecule has 1 N–H and O–H groups in total. The zero-order valence-electron chi connectivity index (χ0n) is 7.03. The van der Waals surface area contributed by atoms with Crippen molar-refractivity contribution in [3.63, 3.8) is 0 Å². The molecular weight excluding hydrogens is 184 g/mol. The highest BCUT2D eigenvalue weighted by atomic mass is 16.4. The molecule has 0 aliphatic heterocycles. The van der Waals surface area contributed by atoms with Gasteiger partial charge in [0.2, 0.25) is 0 Å². The fourth-order valence-corrected chi connectivity index (χ4v) is 0.984. The molecule has 0 aliphatic carbocycles. The molecular formula is C8H6N4O2. The summed E-state index contributed by atoms with van der Waals surface area (Å²) in [7, 11) is 0. The van der Waals surface area contributed by atoms with Crippen LogP contribution in [0.5, 0.6) is 0 Å². The van der Waals surface area contributed by atoms with Gasteiger partial charge in [0.1, 0.15) is 18.5 Å². The Labute approximate surface area is 78.9 Å². The monoisotopic (exact) mass is 190 g/mol. The van der Waals surface area contributed by atoms with Crippen molar-refractivity contribution in [1.82, 2.24) is 19.7 Å². The van der Waals surface area contributed by atoms with Crippen molar-refractivity contribution in [3.8, 4) is 5.82 Å². The number of carboxylic acids is 1. The molecule has 0 unspecified atom stereocenters. The van der Waals surface area contributed by atoms with Gasteiger partial charge in [0, 0.05) is 6.20 Å². The minimum Gasteiger partial charge on any atom is -0.478 e. The fraction of sp³-hybridized carbons (Fsp3) is 0. The predicted molar refractivity (Wildman–Crippen MR) is 46.1 cm³/mol. The lowest BCUT2D eigenvalue weighted by molar-refractivity contribution is 0.0696. The summed E-state index contributed by atoms with van der Waals surface area (Å²) >= 11 is 0. The number of aromatic carboxylic acids is 1.